The van der Waals surface area contributed by atoms with Crippen molar-refractivity contribution >= 4 is 16.0 Å². The Morgan fingerprint density at radius 3 is 2.57 bits per heavy atom. The maximum Gasteiger partial charge on any atom is 0.335 e. The maximum atomic E-state index is 11.9. The highest BCUT2D eigenvalue weighted by atomic mass is 32.2. The van der Waals surface area contributed by atoms with Crippen molar-refractivity contribution in [2.24, 2.45) is 0 Å². The average Bonchev–Trinajstić information content (AvgIpc) is 2.91. The van der Waals surface area contributed by atoms with Crippen LogP contribution in [0.3, 0.4) is 0 Å². The van der Waals surface area contributed by atoms with Gasteiger partial charge in [-0.15, -0.1) is 0 Å². The lowest BCUT2D eigenvalue weighted by atomic mass is 10.1. The maximum absolute atomic E-state index is 11.9. The van der Waals surface area contributed by atoms with Gasteiger partial charge in [-0.1, -0.05) is 12.1 Å². The monoisotopic (exact) mass is 309 g/mol. The predicted molar refractivity (Wildman–Crippen MR) is 76.3 cm³/mol. The third-order valence-electron chi connectivity index (χ3n) is 2.78. The van der Waals surface area contributed by atoms with Crippen molar-refractivity contribution in [3.63, 3.8) is 0 Å². The van der Waals surface area contributed by atoms with E-state index in [-0.39, 0.29) is 17.9 Å². The summed E-state index contributed by atoms with van der Waals surface area (Å²) in [7, 11) is -3.46. The van der Waals surface area contributed by atoms with Gasteiger partial charge in [0, 0.05) is 18.9 Å². The fourth-order valence-corrected chi connectivity index (χ4v) is 2.90. The van der Waals surface area contributed by atoms with E-state index in [1.807, 2.05) is 0 Å². The van der Waals surface area contributed by atoms with Crippen molar-refractivity contribution in [3.05, 3.63) is 53.9 Å². The molecule has 0 amide bonds. The number of hydrogen-bond donors (Lipinski definition) is 2. The first-order chi connectivity index (χ1) is 9.96. The summed E-state index contributed by atoms with van der Waals surface area (Å²) < 4.78 is 27.9. The molecule has 2 rings (SSSR count). The van der Waals surface area contributed by atoms with Gasteiger partial charge in [0.1, 0.15) is 0 Å². The number of rotatable bonds is 7. The number of carbonyl (C=O) groups is 1. The Kier molecular flexibility index (Phi) is 4.71. The summed E-state index contributed by atoms with van der Waals surface area (Å²) >= 11 is 0. The summed E-state index contributed by atoms with van der Waals surface area (Å²) in [4.78, 5) is 10.7. The van der Waals surface area contributed by atoms with Gasteiger partial charge in [0.2, 0.25) is 10.0 Å². The Labute approximate surface area is 122 Å². The Balaban J connectivity index is 1.89. The number of benzene rings is 1. The Hall–Kier alpha value is -2.19. The zero-order valence-electron chi connectivity index (χ0n) is 11.1. The molecule has 112 valence electrons. The topological polar surface area (TPSA) is 101 Å². The van der Waals surface area contributed by atoms with Crippen molar-refractivity contribution in [2.45, 2.75) is 12.3 Å². The van der Waals surface area contributed by atoms with Crippen LogP contribution >= 0.6 is 0 Å². The van der Waals surface area contributed by atoms with Crippen LogP contribution in [0.4, 0.5) is 0 Å². The van der Waals surface area contributed by atoms with E-state index in [4.69, 9.17) is 5.11 Å². The molecule has 0 atom stereocenters. The second kappa shape index (κ2) is 6.51. The van der Waals surface area contributed by atoms with E-state index in [1.165, 1.54) is 24.3 Å². The number of sulfonamides is 1. The van der Waals surface area contributed by atoms with Gasteiger partial charge >= 0.3 is 5.97 Å². The van der Waals surface area contributed by atoms with Gasteiger partial charge in [0.05, 0.1) is 17.9 Å². The summed E-state index contributed by atoms with van der Waals surface area (Å²) in [6, 6.07) is 7.53. The molecular formula is C13H15N3O4S. The largest absolute Gasteiger partial charge is 0.478 e. The molecule has 0 radical (unpaired) electrons. The van der Waals surface area contributed by atoms with Crippen LogP contribution in [0.2, 0.25) is 0 Å². The number of hydrogen-bond acceptors (Lipinski definition) is 4. The number of nitrogens with zero attached hydrogens (tertiary/aromatic N) is 2. The SMILES string of the molecule is O=C(O)c1ccc(CS(=O)(=O)NCCn2cccn2)cc1. The summed E-state index contributed by atoms with van der Waals surface area (Å²) in [5.74, 6) is -1.23. The van der Waals surface area contributed by atoms with E-state index in [1.54, 1.807) is 23.1 Å². The van der Waals surface area contributed by atoms with E-state index >= 15 is 0 Å². The van der Waals surface area contributed by atoms with Crippen molar-refractivity contribution in [1.82, 2.24) is 14.5 Å². The van der Waals surface area contributed by atoms with E-state index in [0.717, 1.165) is 0 Å². The second-order valence-corrected chi connectivity index (χ2v) is 6.23. The lowest BCUT2D eigenvalue weighted by molar-refractivity contribution is 0.0697. The van der Waals surface area contributed by atoms with Gasteiger partial charge in [0.25, 0.3) is 0 Å². The Morgan fingerprint density at radius 1 is 1.29 bits per heavy atom. The molecule has 0 fully saturated rings. The zero-order valence-corrected chi connectivity index (χ0v) is 12.0. The number of nitrogens with one attached hydrogen (secondary N) is 1. The summed E-state index contributed by atoms with van der Waals surface area (Å²) in [5.41, 5.74) is 0.661. The van der Waals surface area contributed by atoms with Crippen LogP contribution < -0.4 is 4.72 Å². The molecule has 1 aromatic heterocycles. The molecule has 0 aliphatic rings. The van der Waals surface area contributed by atoms with Crippen LogP contribution in [0.5, 0.6) is 0 Å². The van der Waals surface area contributed by atoms with Gasteiger partial charge in [-0.2, -0.15) is 5.10 Å². The van der Waals surface area contributed by atoms with Gasteiger partial charge in [-0.25, -0.2) is 17.9 Å². The minimum Gasteiger partial charge on any atom is -0.478 e. The van der Waals surface area contributed by atoms with Crippen LogP contribution in [0.1, 0.15) is 15.9 Å². The molecule has 0 aliphatic carbocycles. The molecule has 1 heterocycles. The van der Waals surface area contributed by atoms with Crippen molar-refractivity contribution in [1.29, 1.82) is 0 Å². The fourth-order valence-electron chi connectivity index (χ4n) is 1.76. The zero-order chi connectivity index (χ0) is 15.3. The minimum atomic E-state index is -3.46. The summed E-state index contributed by atoms with van der Waals surface area (Å²) in [5, 5.41) is 12.7. The van der Waals surface area contributed by atoms with Gasteiger partial charge in [0.15, 0.2) is 0 Å². The molecule has 0 saturated heterocycles. The smallest absolute Gasteiger partial charge is 0.335 e. The first-order valence-electron chi connectivity index (χ1n) is 6.23. The van der Waals surface area contributed by atoms with Gasteiger partial charge < -0.3 is 5.11 Å². The quantitative estimate of drug-likeness (QED) is 0.784. The number of carboxylic acid groups (broad SMARTS) is 1. The molecule has 8 heteroatoms. The number of aromatic carboxylic acids is 1. The van der Waals surface area contributed by atoms with Crippen LogP contribution in [-0.2, 0) is 22.3 Å². The lowest BCUT2D eigenvalue weighted by Crippen LogP contribution is -2.28. The van der Waals surface area contributed by atoms with Crippen LogP contribution in [0.15, 0.2) is 42.7 Å². The molecule has 0 bridgehead atoms. The second-order valence-electron chi connectivity index (χ2n) is 4.42. The van der Waals surface area contributed by atoms with Crippen LogP contribution in [0, 0.1) is 0 Å². The molecule has 2 aromatic rings. The van der Waals surface area contributed by atoms with Crippen molar-refractivity contribution < 1.29 is 18.3 Å². The molecule has 1 aromatic carbocycles. The molecule has 2 N–H and O–H groups in total. The lowest BCUT2D eigenvalue weighted by Gasteiger charge is -2.07. The molecule has 0 aliphatic heterocycles. The third kappa shape index (κ3) is 4.69. The summed E-state index contributed by atoms with van der Waals surface area (Å²) in [6.07, 6.45) is 3.37. The van der Waals surface area contributed by atoms with Gasteiger partial charge in [-0.05, 0) is 23.8 Å². The summed E-state index contributed by atoms with van der Waals surface area (Å²) in [6.45, 7) is 0.696. The number of aromatic nitrogens is 2. The van der Waals surface area contributed by atoms with Crippen LogP contribution in [0.25, 0.3) is 0 Å². The number of carboxylic acids is 1. The van der Waals surface area contributed by atoms with Crippen molar-refractivity contribution in [3.8, 4) is 0 Å². The molecule has 0 spiro atoms. The molecule has 21 heavy (non-hydrogen) atoms. The van der Waals surface area contributed by atoms with Crippen LogP contribution in [-0.4, -0.2) is 35.8 Å². The molecule has 0 saturated carbocycles. The first-order valence-corrected chi connectivity index (χ1v) is 7.88. The van der Waals surface area contributed by atoms with E-state index in [2.05, 4.69) is 9.82 Å². The molecule has 7 nitrogen and oxygen atoms in total. The highest BCUT2D eigenvalue weighted by molar-refractivity contribution is 7.88. The normalized spacial score (nSPS) is 11.4. The molecular weight excluding hydrogens is 294 g/mol. The van der Waals surface area contributed by atoms with Crippen molar-refractivity contribution in [2.75, 3.05) is 6.54 Å². The fraction of sp³-hybridized carbons (Fsp3) is 0.231. The Bertz CT molecular complexity index is 694. The first kappa shape index (κ1) is 15.2. The van der Waals surface area contributed by atoms with E-state index in [0.29, 0.717) is 12.1 Å². The van der Waals surface area contributed by atoms with E-state index in [9.17, 15) is 13.2 Å². The molecule has 0 unspecified atom stereocenters. The average molecular weight is 309 g/mol. The minimum absolute atomic E-state index is 0.128. The predicted octanol–water partition coefficient (Wildman–Crippen LogP) is 0.701. The Morgan fingerprint density at radius 2 is 2.00 bits per heavy atom. The third-order valence-corrected chi connectivity index (χ3v) is 4.14. The standard InChI is InChI=1S/C13H15N3O4S/c17-13(18)12-4-2-11(3-5-12)10-21(19,20)15-7-9-16-8-1-6-14-16/h1-6,8,15H,7,9-10H2,(H,17,18). The highest BCUT2D eigenvalue weighted by Crippen LogP contribution is 2.07. The highest BCUT2D eigenvalue weighted by Gasteiger charge is 2.11. The van der Waals surface area contributed by atoms with Gasteiger partial charge in [-0.3, -0.25) is 4.68 Å². The van der Waals surface area contributed by atoms with E-state index < -0.39 is 16.0 Å².